The zero-order valence-electron chi connectivity index (χ0n) is 12.0. The highest BCUT2D eigenvalue weighted by Crippen LogP contribution is 2.11. The lowest BCUT2D eigenvalue weighted by Crippen LogP contribution is -2.25. The van der Waals surface area contributed by atoms with Crippen molar-refractivity contribution in [3.8, 4) is 0 Å². The van der Waals surface area contributed by atoms with Gasteiger partial charge in [0.1, 0.15) is 0 Å². The van der Waals surface area contributed by atoms with E-state index in [0.29, 0.717) is 31.0 Å². The number of halogens is 1. The first kappa shape index (κ1) is 17.8. The number of hydrogen-bond acceptors (Lipinski definition) is 4. The number of benzene rings is 1. The molecule has 6 heteroatoms. The predicted molar refractivity (Wildman–Crippen MR) is 84.8 cm³/mol. The lowest BCUT2D eigenvalue weighted by atomic mass is 10.2. The zero-order chi connectivity index (χ0) is 14.2. The highest BCUT2D eigenvalue weighted by atomic mass is 35.5. The summed E-state index contributed by atoms with van der Waals surface area (Å²) in [6.07, 6.45) is 3.28. The van der Waals surface area contributed by atoms with Crippen LogP contribution in [0.4, 0.5) is 5.69 Å². The number of nitrogen functional groups attached to an aromatic ring is 1. The second-order valence-corrected chi connectivity index (χ2v) is 4.94. The molecule has 0 bridgehead atoms. The number of carbonyl (C=O) groups excluding carboxylic acids is 1. The molecule has 1 fully saturated rings. The Hall–Kier alpha value is -1.30. The van der Waals surface area contributed by atoms with E-state index in [4.69, 9.17) is 15.2 Å². The average Bonchev–Trinajstić information content (AvgIpc) is 2.96. The molecule has 1 heterocycles. The van der Waals surface area contributed by atoms with E-state index in [-0.39, 0.29) is 24.4 Å². The first-order chi connectivity index (χ1) is 9.75. The number of nitrogens with two attached hydrogens (primary N) is 1. The van der Waals surface area contributed by atoms with E-state index < -0.39 is 0 Å². The Morgan fingerprint density at radius 1 is 1.38 bits per heavy atom. The van der Waals surface area contributed by atoms with E-state index in [0.717, 1.165) is 25.9 Å². The number of rotatable bonds is 7. The normalized spacial score (nSPS) is 17.2. The molecule has 0 saturated carbocycles. The van der Waals surface area contributed by atoms with Crippen molar-refractivity contribution in [2.75, 3.05) is 32.1 Å². The van der Waals surface area contributed by atoms with Crippen molar-refractivity contribution >= 4 is 24.0 Å². The summed E-state index contributed by atoms with van der Waals surface area (Å²) in [6, 6.07) is 6.89. The molecular formula is C15H23ClN2O3. The number of anilines is 1. The Labute approximate surface area is 131 Å². The molecule has 1 aromatic rings. The van der Waals surface area contributed by atoms with E-state index >= 15 is 0 Å². The lowest BCUT2D eigenvalue weighted by Gasteiger charge is -2.10. The maximum atomic E-state index is 11.8. The minimum absolute atomic E-state index is 0. The van der Waals surface area contributed by atoms with Crippen LogP contribution in [0.25, 0.3) is 0 Å². The molecule has 2 rings (SSSR count). The Morgan fingerprint density at radius 3 is 2.81 bits per heavy atom. The van der Waals surface area contributed by atoms with Crippen LogP contribution < -0.4 is 11.1 Å². The van der Waals surface area contributed by atoms with Crippen LogP contribution in [0.1, 0.15) is 29.6 Å². The summed E-state index contributed by atoms with van der Waals surface area (Å²) < 4.78 is 11.0. The van der Waals surface area contributed by atoms with Crippen molar-refractivity contribution in [2.24, 2.45) is 0 Å². The van der Waals surface area contributed by atoms with Gasteiger partial charge in [0, 0.05) is 31.0 Å². The zero-order valence-corrected chi connectivity index (χ0v) is 12.9. The molecule has 3 N–H and O–H groups in total. The molecule has 21 heavy (non-hydrogen) atoms. The van der Waals surface area contributed by atoms with E-state index in [1.807, 2.05) is 0 Å². The summed E-state index contributed by atoms with van der Waals surface area (Å²) in [4.78, 5) is 11.8. The standard InChI is InChI=1S/C15H22N2O3.ClH/c16-13-6-4-12(5-7-13)15(18)17-8-2-9-19-11-14-3-1-10-20-14;/h4-7,14H,1-3,8-11,16H2,(H,17,18);1H. The minimum atomic E-state index is -0.0795. The van der Waals surface area contributed by atoms with Gasteiger partial charge in [0.25, 0.3) is 5.91 Å². The molecule has 1 atom stereocenters. The van der Waals surface area contributed by atoms with Crippen LogP contribution >= 0.6 is 12.4 Å². The van der Waals surface area contributed by atoms with Gasteiger partial charge in [-0.1, -0.05) is 0 Å². The van der Waals surface area contributed by atoms with E-state index in [2.05, 4.69) is 5.32 Å². The largest absolute Gasteiger partial charge is 0.399 e. The van der Waals surface area contributed by atoms with Gasteiger partial charge in [0.15, 0.2) is 0 Å². The van der Waals surface area contributed by atoms with Crippen LogP contribution in [0.5, 0.6) is 0 Å². The van der Waals surface area contributed by atoms with Crippen LogP contribution in [-0.2, 0) is 9.47 Å². The highest BCUT2D eigenvalue weighted by Gasteiger charge is 2.14. The Morgan fingerprint density at radius 2 is 2.14 bits per heavy atom. The quantitative estimate of drug-likeness (QED) is 0.596. The summed E-state index contributed by atoms with van der Waals surface area (Å²) in [5.41, 5.74) is 6.86. The van der Waals surface area contributed by atoms with Crippen molar-refractivity contribution in [2.45, 2.75) is 25.4 Å². The fraction of sp³-hybridized carbons (Fsp3) is 0.533. The number of nitrogens with one attached hydrogen (secondary N) is 1. The van der Waals surface area contributed by atoms with Gasteiger partial charge in [0.2, 0.25) is 0 Å². The fourth-order valence-electron chi connectivity index (χ4n) is 2.10. The molecule has 0 radical (unpaired) electrons. The first-order valence-corrected chi connectivity index (χ1v) is 7.09. The van der Waals surface area contributed by atoms with Crippen LogP contribution in [0.3, 0.4) is 0 Å². The third kappa shape index (κ3) is 6.33. The summed E-state index contributed by atoms with van der Waals surface area (Å²) in [6.45, 7) is 2.76. The second-order valence-electron chi connectivity index (χ2n) is 4.94. The summed E-state index contributed by atoms with van der Waals surface area (Å²) >= 11 is 0. The van der Waals surface area contributed by atoms with Crippen molar-refractivity contribution in [1.82, 2.24) is 5.32 Å². The summed E-state index contributed by atoms with van der Waals surface area (Å²) in [5.74, 6) is -0.0795. The topological polar surface area (TPSA) is 73.6 Å². The highest BCUT2D eigenvalue weighted by molar-refractivity contribution is 5.94. The van der Waals surface area contributed by atoms with Crippen molar-refractivity contribution in [3.05, 3.63) is 29.8 Å². The molecule has 1 saturated heterocycles. The lowest BCUT2D eigenvalue weighted by molar-refractivity contribution is 0.0166. The third-order valence-corrected chi connectivity index (χ3v) is 3.25. The van der Waals surface area contributed by atoms with Crippen molar-refractivity contribution < 1.29 is 14.3 Å². The van der Waals surface area contributed by atoms with Gasteiger partial charge in [-0.15, -0.1) is 12.4 Å². The summed E-state index contributed by atoms with van der Waals surface area (Å²) in [5, 5.41) is 2.86. The van der Waals surface area contributed by atoms with E-state index in [1.165, 1.54) is 0 Å². The van der Waals surface area contributed by atoms with Gasteiger partial charge in [0.05, 0.1) is 12.7 Å². The molecule has 0 aromatic heterocycles. The van der Waals surface area contributed by atoms with Gasteiger partial charge in [-0.25, -0.2) is 0 Å². The van der Waals surface area contributed by atoms with Crippen LogP contribution in [-0.4, -0.2) is 38.4 Å². The van der Waals surface area contributed by atoms with E-state index in [1.54, 1.807) is 24.3 Å². The fourth-order valence-corrected chi connectivity index (χ4v) is 2.10. The Bertz CT molecular complexity index is 419. The van der Waals surface area contributed by atoms with Crippen LogP contribution in [0, 0.1) is 0 Å². The first-order valence-electron chi connectivity index (χ1n) is 7.09. The number of hydrogen-bond donors (Lipinski definition) is 2. The Balaban J connectivity index is 0.00000220. The minimum Gasteiger partial charge on any atom is -0.399 e. The third-order valence-electron chi connectivity index (χ3n) is 3.25. The molecule has 1 aliphatic heterocycles. The monoisotopic (exact) mass is 314 g/mol. The molecule has 1 aromatic carbocycles. The van der Waals surface area contributed by atoms with Crippen LogP contribution in [0.15, 0.2) is 24.3 Å². The molecule has 0 aliphatic carbocycles. The van der Waals surface area contributed by atoms with Crippen molar-refractivity contribution in [3.63, 3.8) is 0 Å². The molecule has 1 aliphatic rings. The predicted octanol–water partition coefficient (Wildman–Crippen LogP) is 2.01. The number of carbonyl (C=O) groups is 1. The smallest absolute Gasteiger partial charge is 0.251 e. The molecule has 1 unspecified atom stereocenters. The SMILES string of the molecule is Cl.Nc1ccc(C(=O)NCCCOCC2CCCO2)cc1. The molecule has 118 valence electrons. The molecule has 1 amide bonds. The number of amides is 1. The molecule has 0 spiro atoms. The molecular weight excluding hydrogens is 292 g/mol. The average molecular weight is 315 g/mol. The summed E-state index contributed by atoms with van der Waals surface area (Å²) in [7, 11) is 0. The maximum absolute atomic E-state index is 11.8. The van der Waals surface area contributed by atoms with Crippen LogP contribution in [0.2, 0.25) is 0 Å². The van der Waals surface area contributed by atoms with Gasteiger partial charge in [-0.05, 0) is 43.5 Å². The van der Waals surface area contributed by atoms with Gasteiger partial charge in [-0.3, -0.25) is 4.79 Å². The second kappa shape index (κ2) is 9.60. The molecule has 5 nitrogen and oxygen atoms in total. The van der Waals surface area contributed by atoms with Crippen molar-refractivity contribution in [1.29, 1.82) is 0 Å². The van der Waals surface area contributed by atoms with Gasteiger partial charge >= 0.3 is 0 Å². The number of ether oxygens (including phenoxy) is 2. The van der Waals surface area contributed by atoms with Gasteiger partial charge < -0.3 is 20.5 Å². The van der Waals surface area contributed by atoms with E-state index in [9.17, 15) is 4.79 Å². The van der Waals surface area contributed by atoms with Gasteiger partial charge in [-0.2, -0.15) is 0 Å². The Kier molecular flexibility index (Phi) is 8.12. The maximum Gasteiger partial charge on any atom is 0.251 e.